The lowest BCUT2D eigenvalue weighted by Crippen LogP contribution is -2.37. The summed E-state index contributed by atoms with van der Waals surface area (Å²) in [6.07, 6.45) is 0. The van der Waals surface area contributed by atoms with Crippen LogP contribution in [0.25, 0.3) is 5.69 Å². The number of ether oxygens (including phenoxy) is 1. The molecule has 156 valence electrons. The molecule has 0 atom stereocenters. The van der Waals surface area contributed by atoms with Gasteiger partial charge >= 0.3 is 0 Å². The number of halogens is 1. The van der Waals surface area contributed by atoms with Crippen LogP contribution in [0.3, 0.4) is 0 Å². The van der Waals surface area contributed by atoms with E-state index in [1.54, 1.807) is 25.1 Å². The van der Waals surface area contributed by atoms with Gasteiger partial charge in [-0.2, -0.15) is 0 Å². The second kappa shape index (κ2) is 8.80. The van der Waals surface area contributed by atoms with E-state index in [1.165, 1.54) is 30.0 Å². The van der Waals surface area contributed by atoms with Crippen molar-refractivity contribution in [2.75, 3.05) is 31.2 Å². The van der Waals surface area contributed by atoms with Crippen molar-refractivity contribution in [3.63, 3.8) is 0 Å². The van der Waals surface area contributed by atoms with Crippen LogP contribution >= 0.6 is 11.8 Å². The minimum Gasteiger partial charge on any atom is -0.378 e. The maximum absolute atomic E-state index is 13.9. The van der Waals surface area contributed by atoms with Crippen LogP contribution in [0.4, 0.5) is 16.0 Å². The van der Waals surface area contributed by atoms with E-state index < -0.39 is 0 Å². The molecule has 1 aliphatic heterocycles. The average molecular weight is 429 g/mol. The summed E-state index contributed by atoms with van der Waals surface area (Å²) in [5.74, 6) is 0.756. The van der Waals surface area contributed by atoms with Gasteiger partial charge in [-0.3, -0.25) is 14.7 Å². The highest BCUT2D eigenvalue weighted by molar-refractivity contribution is 7.98. The smallest absolute Gasteiger partial charge is 0.272 e. The lowest BCUT2D eigenvalue weighted by molar-refractivity contribution is -0.385. The quantitative estimate of drug-likeness (QED) is 0.335. The molecule has 10 heteroatoms. The maximum atomic E-state index is 13.9. The molecular formula is C20H20FN5O3S. The van der Waals surface area contributed by atoms with Gasteiger partial charge in [-0.25, -0.2) is 4.39 Å². The molecule has 0 N–H and O–H groups in total. The van der Waals surface area contributed by atoms with Gasteiger partial charge in [-0.1, -0.05) is 30.0 Å². The van der Waals surface area contributed by atoms with Crippen LogP contribution in [0.2, 0.25) is 0 Å². The lowest BCUT2D eigenvalue weighted by atomic mass is 10.1. The van der Waals surface area contributed by atoms with Crippen LogP contribution in [-0.2, 0) is 10.5 Å². The highest BCUT2D eigenvalue weighted by atomic mass is 32.2. The Morgan fingerprint density at radius 3 is 2.70 bits per heavy atom. The molecule has 0 amide bonds. The number of nitro groups is 1. The highest BCUT2D eigenvalue weighted by Gasteiger charge is 2.22. The average Bonchev–Trinajstić information content (AvgIpc) is 3.17. The van der Waals surface area contributed by atoms with Crippen LogP contribution in [-0.4, -0.2) is 46.0 Å². The Hall–Kier alpha value is -2.98. The zero-order valence-electron chi connectivity index (χ0n) is 16.3. The van der Waals surface area contributed by atoms with E-state index in [4.69, 9.17) is 4.74 Å². The Morgan fingerprint density at radius 1 is 1.20 bits per heavy atom. The van der Waals surface area contributed by atoms with Crippen molar-refractivity contribution in [2.24, 2.45) is 0 Å². The SMILES string of the molecule is Cc1c(CSc2nnc(N3CCOCC3)n2-c2cccc(F)c2)cccc1[N+](=O)[O-]. The zero-order valence-corrected chi connectivity index (χ0v) is 17.1. The van der Waals surface area contributed by atoms with Crippen molar-refractivity contribution < 1.29 is 14.1 Å². The van der Waals surface area contributed by atoms with Crippen LogP contribution < -0.4 is 4.90 Å². The van der Waals surface area contributed by atoms with E-state index in [0.29, 0.717) is 54.4 Å². The number of benzene rings is 2. The number of nitrogens with zero attached hydrogens (tertiary/aromatic N) is 5. The molecule has 30 heavy (non-hydrogen) atoms. The molecule has 4 rings (SSSR count). The molecule has 2 aromatic carbocycles. The third kappa shape index (κ3) is 4.14. The van der Waals surface area contributed by atoms with Crippen LogP contribution in [0.5, 0.6) is 0 Å². The van der Waals surface area contributed by atoms with E-state index in [1.807, 2.05) is 10.6 Å². The monoisotopic (exact) mass is 429 g/mol. The Kier molecular flexibility index (Phi) is 5.96. The van der Waals surface area contributed by atoms with E-state index in [2.05, 4.69) is 15.1 Å². The first kappa shape index (κ1) is 20.3. The molecule has 1 saturated heterocycles. The summed E-state index contributed by atoms with van der Waals surface area (Å²) in [4.78, 5) is 12.9. The number of hydrogen-bond acceptors (Lipinski definition) is 7. The highest BCUT2D eigenvalue weighted by Crippen LogP contribution is 2.31. The minimum absolute atomic E-state index is 0.0914. The summed E-state index contributed by atoms with van der Waals surface area (Å²) in [7, 11) is 0. The first-order chi connectivity index (χ1) is 14.5. The number of nitro benzene ring substituents is 1. The molecule has 0 radical (unpaired) electrons. The van der Waals surface area contributed by atoms with E-state index in [0.717, 1.165) is 5.56 Å². The summed E-state index contributed by atoms with van der Waals surface area (Å²) in [6.45, 7) is 4.26. The van der Waals surface area contributed by atoms with Crippen molar-refractivity contribution in [1.82, 2.24) is 14.8 Å². The predicted molar refractivity (Wildman–Crippen MR) is 112 cm³/mol. The second-order valence-electron chi connectivity index (χ2n) is 6.80. The van der Waals surface area contributed by atoms with Gasteiger partial charge in [0.15, 0.2) is 5.16 Å². The van der Waals surface area contributed by atoms with Gasteiger partial charge in [0.2, 0.25) is 5.95 Å². The number of aromatic nitrogens is 3. The van der Waals surface area contributed by atoms with E-state index >= 15 is 0 Å². The predicted octanol–water partition coefficient (Wildman–Crippen LogP) is 3.75. The molecule has 1 aromatic heterocycles. The van der Waals surface area contributed by atoms with E-state index in [9.17, 15) is 14.5 Å². The van der Waals surface area contributed by atoms with Gasteiger partial charge in [0.05, 0.1) is 23.8 Å². The minimum atomic E-state index is -0.380. The van der Waals surface area contributed by atoms with Crippen molar-refractivity contribution in [1.29, 1.82) is 0 Å². The number of thioether (sulfide) groups is 1. The Labute approximate surface area is 176 Å². The third-order valence-electron chi connectivity index (χ3n) is 4.95. The van der Waals surface area contributed by atoms with Gasteiger partial charge in [0.25, 0.3) is 5.69 Å². The summed E-state index contributed by atoms with van der Waals surface area (Å²) in [5.41, 5.74) is 2.18. The number of rotatable bonds is 6. The molecular weight excluding hydrogens is 409 g/mol. The number of morpholine rings is 1. The maximum Gasteiger partial charge on any atom is 0.272 e. The standard InChI is InChI=1S/C20H20FN5O3S/c1-14-15(4-2-7-18(14)26(27)28)13-30-20-23-22-19(24-8-10-29-11-9-24)25(20)17-6-3-5-16(21)12-17/h2-7,12H,8-11,13H2,1H3. The van der Waals surface area contributed by atoms with E-state index in [-0.39, 0.29) is 16.4 Å². The number of anilines is 1. The molecule has 1 fully saturated rings. The normalized spacial score (nSPS) is 14.1. The summed E-state index contributed by atoms with van der Waals surface area (Å²) in [6, 6.07) is 11.3. The van der Waals surface area contributed by atoms with Gasteiger partial charge in [0.1, 0.15) is 5.82 Å². The van der Waals surface area contributed by atoms with Crippen molar-refractivity contribution in [3.05, 3.63) is 69.5 Å². The second-order valence-corrected chi connectivity index (χ2v) is 7.75. The molecule has 8 nitrogen and oxygen atoms in total. The van der Waals surface area contributed by atoms with Crippen LogP contribution in [0.1, 0.15) is 11.1 Å². The molecule has 0 spiro atoms. The fraction of sp³-hybridized carbons (Fsp3) is 0.300. The van der Waals surface area contributed by atoms with Gasteiger partial charge < -0.3 is 9.64 Å². The first-order valence-corrected chi connectivity index (χ1v) is 10.4. The van der Waals surface area contributed by atoms with Gasteiger partial charge in [-0.15, -0.1) is 10.2 Å². The van der Waals surface area contributed by atoms with Crippen molar-refractivity contribution >= 4 is 23.4 Å². The Morgan fingerprint density at radius 2 is 1.97 bits per heavy atom. The van der Waals surface area contributed by atoms with Crippen LogP contribution in [0, 0.1) is 22.9 Å². The molecule has 0 saturated carbocycles. The fourth-order valence-electron chi connectivity index (χ4n) is 3.33. The summed E-state index contributed by atoms with van der Waals surface area (Å²) >= 11 is 1.41. The summed E-state index contributed by atoms with van der Waals surface area (Å²) < 4.78 is 21.2. The zero-order chi connectivity index (χ0) is 21.1. The third-order valence-corrected chi connectivity index (χ3v) is 5.93. The first-order valence-electron chi connectivity index (χ1n) is 9.44. The van der Waals surface area contributed by atoms with Crippen LogP contribution in [0.15, 0.2) is 47.6 Å². The number of hydrogen-bond donors (Lipinski definition) is 0. The van der Waals surface area contributed by atoms with Gasteiger partial charge in [0, 0.05) is 30.5 Å². The van der Waals surface area contributed by atoms with Crippen molar-refractivity contribution in [2.45, 2.75) is 17.8 Å². The lowest BCUT2D eigenvalue weighted by Gasteiger charge is -2.27. The Bertz CT molecular complexity index is 1070. The molecule has 2 heterocycles. The van der Waals surface area contributed by atoms with Crippen molar-refractivity contribution in [3.8, 4) is 5.69 Å². The largest absolute Gasteiger partial charge is 0.378 e. The molecule has 0 bridgehead atoms. The molecule has 3 aromatic rings. The molecule has 1 aliphatic rings. The topological polar surface area (TPSA) is 86.3 Å². The van der Waals surface area contributed by atoms with Gasteiger partial charge in [-0.05, 0) is 30.7 Å². The molecule has 0 unspecified atom stereocenters. The summed E-state index contributed by atoms with van der Waals surface area (Å²) in [5, 5.41) is 20.5. The molecule has 0 aliphatic carbocycles. The Balaban J connectivity index is 1.67. The fourth-order valence-corrected chi connectivity index (χ4v) is 4.34.